The predicted molar refractivity (Wildman–Crippen MR) is 97.4 cm³/mol. The molecule has 0 fully saturated rings. The third kappa shape index (κ3) is 9.07. The number of hydrogen-bond donors (Lipinski definition) is 4. The molecule has 1 aromatic rings. The third-order valence-electron chi connectivity index (χ3n) is 3.31. The molecule has 3 amide bonds. The van der Waals surface area contributed by atoms with Crippen molar-refractivity contribution >= 4 is 17.6 Å². The van der Waals surface area contributed by atoms with Gasteiger partial charge in [-0.1, -0.05) is 26.0 Å². The van der Waals surface area contributed by atoms with Crippen molar-refractivity contribution in [2.75, 3.05) is 25.1 Å². The number of aliphatic hydroxyl groups excluding tert-OH is 1. The number of anilines is 1. The zero-order valence-corrected chi connectivity index (χ0v) is 15.3. The fourth-order valence-electron chi connectivity index (χ4n) is 2.13. The summed E-state index contributed by atoms with van der Waals surface area (Å²) in [5.74, 6) is 0.252. The molecular formula is C18H29N3O4. The monoisotopic (exact) mass is 351 g/mol. The van der Waals surface area contributed by atoms with Gasteiger partial charge in [0.15, 0.2) is 0 Å². The molecule has 2 unspecified atom stereocenters. The topological polar surface area (TPSA) is 99.7 Å². The molecule has 0 bridgehead atoms. The lowest BCUT2D eigenvalue weighted by molar-refractivity contribution is -0.114. The summed E-state index contributed by atoms with van der Waals surface area (Å²) in [6.45, 7) is 8.22. The van der Waals surface area contributed by atoms with Crippen LogP contribution in [0, 0.1) is 5.92 Å². The lowest BCUT2D eigenvalue weighted by Crippen LogP contribution is -2.41. The van der Waals surface area contributed by atoms with E-state index in [4.69, 9.17) is 4.74 Å². The predicted octanol–water partition coefficient (Wildman–Crippen LogP) is 2.04. The van der Waals surface area contributed by atoms with Crippen LogP contribution in [-0.4, -0.2) is 42.9 Å². The number of hydrogen-bond acceptors (Lipinski definition) is 4. The van der Waals surface area contributed by atoms with E-state index in [9.17, 15) is 14.7 Å². The molecule has 0 heterocycles. The Balaban J connectivity index is 2.39. The van der Waals surface area contributed by atoms with Gasteiger partial charge in [0.1, 0.15) is 0 Å². The molecule has 0 spiro atoms. The normalized spacial score (nSPS) is 13.2. The molecule has 1 aromatic carbocycles. The molecule has 25 heavy (non-hydrogen) atoms. The first-order valence-corrected chi connectivity index (χ1v) is 8.45. The minimum Gasteiger partial charge on any atom is -0.389 e. The number of carbonyl (C=O) groups excluding carboxylic acids is 2. The molecule has 0 saturated heterocycles. The minimum absolute atomic E-state index is 0.114. The Labute approximate surface area is 149 Å². The second-order valence-corrected chi connectivity index (χ2v) is 6.47. The molecule has 4 N–H and O–H groups in total. The van der Waals surface area contributed by atoms with Crippen LogP contribution >= 0.6 is 0 Å². The summed E-state index contributed by atoms with van der Waals surface area (Å²) in [6, 6.07) is 6.65. The molecule has 0 aromatic heterocycles. The van der Waals surface area contributed by atoms with E-state index >= 15 is 0 Å². The van der Waals surface area contributed by atoms with Gasteiger partial charge in [-0.05, 0) is 30.5 Å². The molecule has 0 aliphatic rings. The van der Waals surface area contributed by atoms with Crippen molar-refractivity contribution in [3.8, 4) is 0 Å². The van der Waals surface area contributed by atoms with Gasteiger partial charge in [-0.25, -0.2) is 4.79 Å². The number of ether oxygens (including phenoxy) is 1. The maximum atomic E-state index is 11.9. The van der Waals surface area contributed by atoms with Gasteiger partial charge >= 0.3 is 6.03 Å². The van der Waals surface area contributed by atoms with Crippen LogP contribution in [0.5, 0.6) is 0 Å². The highest BCUT2D eigenvalue weighted by atomic mass is 16.5. The molecule has 1 rings (SSSR count). The maximum Gasteiger partial charge on any atom is 0.315 e. The summed E-state index contributed by atoms with van der Waals surface area (Å²) < 4.78 is 5.33. The van der Waals surface area contributed by atoms with E-state index in [1.807, 2.05) is 32.9 Å². The van der Waals surface area contributed by atoms with Gasteiger partial charge in [0.2, 0.25) is 5.91 Å². The Morgan fingerprint density at radius 2 is 1.92 bits per heavy atom. The van der Waals surface area contributed by atoms with E-state index in [1.54, 1.807) is 12.1 Å². The fourth-order valence-corrected chi connectivity index (χ4v) is 2.13. The van der Waals surface area contributed by atoms with Crippen molar-refractivity contribution < 1.29 is 19.4 Å². The van der Waals surface area contributed by atoms with E-state index < -0.39 is 6.10 Å². The molecular weight excluding hydrogens is 322 g/mol. The number of nitrogens with one attached hydrogen (secondary N) is 3. The average molecular weight is 351 g/mol. The largest absolute Gasteiger partial charge is 0.389 e. The van der Waals surface area contributed by atoms with Crippen molar-refractivity contribution in [2.24, 2.45) is 5.92 Å². The summed E-state index contributed by atoms with van der Waals surface area (Å²) in [6.07, 6.45) is -0.747. The van der Waals surface area contributed by atoms with Crippen LogP contribution in [0.1, 0.15) is 39.3 Å². The van der Waals surface area contributed by atoms with Crippen molar-refractivity contribution in [3.63, 3.8) is 0 Å². The van der Waals surface area contributed by atoms with Gasteiger partial charge in [0.05, 0.1) is 18.8 Å². The smallest absolute Gasteiger partial charge is 0.315 e. The van der Waals surface area contributed by atoms with Gasteiger partial charge in [0.25, 0.3) is 0 Å². The first-order valence-electron chi connectivity index (χ1n) is 8.45. The zero-order valence-electron chi connectivity index (χ0n) is 15.3. The van der Waals surface area contributed by atoms with Crippen LogP contribution in [0.2, 0.25) is 0 Å². The van der Waals surface area contributed by atoms with Crippen LogP contribution in [0.25, 0.3) is 0 Å². The average Bonchev–Trinajstić information content (AvgIpc) is 2.52. The van der Waals surface area contributed by atoms with Crippen molar-refractivity contribution in [2.45, 2.75) is 39.8 Å². The summed E-state index contributed by atoms with van der Waals surface area (Å²) in [4.78, 5) is 23.0. The quantitative estimate of drug-likeness (QED) is 0.547. The van der Waals surface area contributed by atoms with Crippen LogP contribution in [0.4, 0.5) is 10.5 Å². The highest BCUT2D eigenvalue weighted by molar-refractivity contribution is 5.88. The Hall–Kier alpha value is -2.12. The lowest BCUT2D eigenvalue weighted by Gasteiger charge is -2.18. The molecule has 0 aliphatic carbocycles. The van der Waals surface area contributed by atoms with E-state index in [0.717, 1.165) is 5.56 Å². The second kappa shape index (κ2) is 10.7. The number of rotatable bonds is 9. The fraction of sp³-hybridized carbons (Fsp3) is 0.556. The van der Waals surface area contributed by atoms with Crippen LogP contribution in [-0.2, 0) is 9.53 Å². The van der Waals surface area contributed by atoms with Gasteiger partial charge in [-0.3, -0.25) is 4.79 Å². The molecule has 7 nitrogen and oxygen atoms in total. The summed E-state index contributed by atoms with van der Waals surface area (Å²) >= 11 is 0. The number of carbonyl (C=O) groups is 2. The Morgan fingerprint density at radius 3 is 2.56 bits per heavy atom. The molecule has 7 heteroatoms. The van der Waals surface area contributed by atoms with Crippen LogP contribution < -0.4 is 16.0 Å². The standard InChI is InChI=1S/C18H29N3O4/c1-12(2)10-25-11-17(23)9-19-18(24)20-13(3)15-6-5-7-16(8-15)21-14(4)22/h5-8,12-13,17,23H,9-11H2,1-4H3,(H,21,22)(H2,19,20,24). The molecule has 140 valence electrons. The van der Waals surface area contributed by atoms with Gasteiger partial charge < -0.3 is 25.8 Å². The van der Waals surface area contributed by atoms with Crippen LogP contribution in [0.3, 0.4) is 0 Å². The van der Waals surface area contributed by atoms with E-state index in [1.165, 1.54) is 6.92 Å². The summed E-state index contributed by atoms with van der Waals surface area (Å²) in [5, 5.41) is 17.9. The third-order valence-corrected chi connectivity index (χ3v) is 3.31. The first-order chi connectivity index (χ1) is 11.8. The maximum absolute atomic E-state index is 11.9. The Bertz CT molecular complexity index is 563. The van der Waals surface area contributed by atoms with Crippen molar-refractivity contribution in [3.05, 3.63) is 29.8 Å². The molecule has 0 saturated carbocycles. The Morgan fingerprint density at radius 1 is 1.20 bits per heavy atom. The zero-order chi connectivity index (χ0) is 18.8. The highest BCUT2D eigenvalue weighted by Crippen LogP contribution is 2.17. The first kappa shape index (κ1) is 20.9. The number of benzene rings is 1. The molecule has 0 aliphatic heterocycles. The van der Waals surface area contributed by atoms with E-state index in [0.29, 0.717) is 18.2 Å². The van der Waals surface area contributed by atoms with Gasteiger partial charge in [-0.15, -0.1) is 0 Å². The number of amides is 3. The lowest BCUT2D eigenvalue weighted by atomic mass is 10.1. The molecule has 0 radical (unpaired) electrons. The van der Waals surface area contributed by atoms with Crippen molar-refractivity contribution in [1.82, 2.24) is 10.6 Å². The van der Waals surface area contributed by atoms with E-state index in [-0.39, 0.29) is 31.1 Å². The highest BCUT2D eigenvalue weighted by Gasteiger charge is 2.12. The summed E-state index contributed by atoms with van der Waals surface area (Å²) in [5.41, 5.74) is 1.54. The molecule has 2 atom stereocenters. The Kier molecular flexibility index (Phi) is 8.94. The van der Waals surface area contributed by atoms with Gasteiger partial charge in [-0.2, -0.15) is 0 Å². The number of aliphatic hydroxyl groups is 1. The van der Waals surface area contributed by atoms with Gasteiger partial charge in [0, 0.05) is 25.8 Å². The number of urea groups is 1. The van der Waals surface area contributed by atoms with Crippen LogP contribution in [0.15, 0.2) is 24.3 Å². The van der Waals surface area contributed by atoms with E-state index in [2.05, 4.69) is 16.0 Å². The SMILES string of the molecule is CC(=O)Nc1cccc(C(C)NC(=O)NCC(O)COCC(C)C)c1. The van der Waals surface area contributed by atoms with Crippen molar-refractivity contribution in [1.29, 1.82) is 0 Å². The second-order valence-electron chi connectivity index (χ2n) is 6.47. The minimum atomic E-state index is -0.747. The summed E-state index contributed by atoms with van der Waals surface area (Å²) in [7, 11) is 0.